The monoisotopic (exact) mass is 318 g/mol. The van der Waals surface area contributed by atoms with Crippen molar-refractivity contribution in [2.45, 2.75) is 30.7 Å². The standard InChI is InChI=1S/C13H22N2O3S2/c1-11(5-4-8-16)15-20(17,18)10-9-19-13-7-3-2-6-12(13)14/h2-3,6-7,11,15-16H,4-5,8-10,14H2,1H3. The van der Waals surface area contributed by atoms with Gasteiger partial charge >= 0.3 is 0 Å². The molecule has 0 spiro atoms. The third-order valence-electron chi connectivity index (χ3n) is 2.70. The van der Waals surface area contributed by atoms with Gasteiger partial charge in [-0.1, -0.05) is 12.1 Å². The molecule has 0 heterocycles. The average Bonchev–Trinajstić information content (AvgIpc) is 2.38. The number of nitrogen functional groups attached to an aromatic ring is 1. The summed E-state index contributed by atoms with van der Waals surface area (Å²) in [5.74, 6) is 0.506. The third-order valence-corrected chi connectivity index (χ3v) is 5.56. The lowest BCUT2D eigenvalue weighted by atomic mass is 10.2. The fourth-order valence-corrected chi connectivity index (χ4v) is 4.38. The molecule has 0 aromatic heterocycles. The summed E-state index contributed by atoms with van der Waals surface area (Å²) in [7, 11) is -3.29. The molecular weight excluding hydrogens is 296 g/mol. The molecule has 0 saturated carbocycles. The van der Waals surface area contributed by atoms with E-state index in [4.69, 9.17) is 10.8 Å². The fraction of sp³-hybridized carbons (Fsp3) is 0.538. The van der Waals surface area contributed by atoms with Crippen molar-refractivity contribution < 1.29 is 13.5 Å². The van der Waals surface area contributed by atoms with Gasteiger partial charge in [0.1, 0.15) is 0 Å². The van der Waals surface area contributed by atoms with Gasteiger partial charge in [0.05, 0.1) is 5.75 Å². The van der Waals surface area contributed by atoms with E-state index in [0.29, 0.717) is 24.3 Å². The van der Waals surface area contributed by atoms with Crippen LogP contribution in [-0.2, 0) is 10.0 Å². The van der Waals surface area contributed by atoms with Gasteiger partial charge < -0.3 is 10.8 Å². The largest absolute Gasteiger partial charge is 0.398 e. The van der Waals surface area contributed by atoms with Gasteiger partial charge in [-0.25, -0.2) is 13.1 Å². The molecule has 1 aromatic rings. The van der Waals surface area contributed by atoms with Crippen LogP contribution in [0.5, 0.6) is 0 Å². The minimum atomic E-state index is -3.29. The highest BCUT2D eigenvalue weighted by Gasteiger charge is 2.14. The number of aliphatic hydroxyl groups is 1. The number of rotatable bonds is 9. The van der Waals surface area contributed by atoms with Crippen LogP contribution in [0, 0.1) is 0 Å². The van der Waals surface area contributed by atoms with Crippen LogP contribution in [0.25, 0.3) is 0 Å². The molecule has 0 aliphatic carbocycles. The second-order valence-electron chi connectivity index (χ2n) is 4.59. The summed E-state index contributed by atoms with van der Waals surface area (Å²) in [5.41, 5.74) is 6.46. The van der Waals surface area contributed by atoms with Gasteiger partial charge in [-0.2, -0.15) is 0 Å². The van der Waals surface area contributed by atoms with Crippen LogP contribution in [0.3, 0.4) is 0 Å². The molecule has 0 saturated heterocycles. The van der Waals surface area contributed by atoms with Gasteiger partial charge in [-0.15, -0.1) is 11.8 Å². The molecule has 1 rings (SSSR count). The zero-order valence-corrected chi connectivity index (χ0v) is 13.2. The topological polar surface area (TPSA) is 92.4 Å². The van der Waals surface area contributed by atoms with Crippen LogP contribution in [0.15, 0.2) is 29.2 Å². The van der Waals surface area contributed by atoms with Gasteiger partial charge in [-0.05, 0) is 31.9 Å². The van der Waals surface area contributed by atoms with E-state index in [1.165, 1.54) is 11.8 Å². The molecule has 114 valence electrons. The van der Waals surface area contributed by atoms with E-state index in [-0.39, 0.29) is 18.4 Å². The predicted molar refractivity (Wildman–Crippen MR) is 84.3 cm³/mol. The van der Waals surface area contributed by atoms with Crippen LogP contribution >= 0.6 is 11.8 Å². The molecule has 1 aromatic carbocycles. The van der Waals surface area contributed by atoms with Crippen LogP contribution < -0.4 is 10.5 Å². The van der Waals surface area contributed by atoms with Crippen molar-refractivity contribution >= 4 is 27.5 Å². The van der Waals surface area contributed by atoms with Crippen molar-refractivity contribution in [2.24, 2.45) is 0 Å². The van der Waals surface area contributed by atoms with E-state index < -0.39 is 10.0 Å². The Hall–Kier alpha value is -0.760. The summed E-state index contributed by atoms with van der Waals surface area (Å²) < 4.78 is 26.3. The van der Waals surface area contributed by atoms with Crippen molar-refractivity contribution in [3.8, 4) is 0 Å². The number of thioether (sulfide) groups is 1. The number of nitrogens with one attached hydrogen (secondary N) is 1. The minimum absolute atomic E-state index is 0.0511. The lowest BCUT2D eigenvalue weighted by Gasteiger charge is -2.13. The predicted octanol–water partition coefficient (Wildman–Crippen LogP) is 1.44. The molecule has 20 heavy (non-hydrogen) atoms. The van der Waals surface area contributed by atoms with Crippen LogP contribution in [0.1, 0.15) is 19.8 Å². The number of benzene rings is 1. The molecule has 4 N–H and O–H groups in total. The highest BCUT2D eigenvalue weighted by Crippen LogP contribution is 2.24. The molecule has 0 radical (unpaired) electrons. The van der Waals surface area contributed by atoms with Gasteiger partial charge in [0, 0.05) is 29.0 Å². The lowest BCUT2D eigenvalue weighted by molar-refractivity contribution is 0.279. The maximum absolute atomic E-state index is 11.9. The van der Waals surface area contributed by atoms with E-state index in [1.54, 1.807) is 13.0 Å². The summed E-state index contributed by atoms with van der Waals surface area (Å²) >= 11 is 1.43. The number of nitrogens with two attached hydrogens (primary N) is 1. The molecule has 1 atom stereocenters. The minimum Gasteiger partial charge on any atom is -0.398 e. The zero-order chi connectivity index (χ0) is 15.0. The second kappa shape index (κ2) is 8.51. The Morgan fingerprint density at radius 3 is 2.75 bits per heavy atom. The fourth-order valence-electron chi connectivity index (χ4n) is 1.70. The smallest absolute Gasteiger partial charge is 0.212 e. The van der Waals surface area contributed by atoms with E-state index >= 15 is 0 Å². The summed E-state index contributed by atoms with van der Waals surface area (Å²) in [5, 5.41) is 8.71. The lowest BCUT2D eigenvalue weighted by Crippen LogP contribution is -2.35. The Labute approximate surface area is 125 Å². The van der Waals surface area contributed by atoms with Crippen molar-refractivity contribution in [3.63, 3.8) is 0 Å². The van der Waals surface area contributed by atoms with E-state index in [9.17, 15) is 8.42 Å². The molecule has 1 unspecified atom stereocenters. The summed E-state index contributed by atoms with van der Waals surface area (Å²) in [6.45, 7) is 1.88. The molecule has 0 aliphatic heterocycles. The molecule has 5 nitrogen and oxygen atoms in total. The molecule has 0 fully saturated rings. The van der Waals surface area contributed by atoms with Crippen molar-refractivity contribution in [2.75, 3.05) is 23.8 Å². The molecule has 0 aliphatic rings. The first-order valence-electron chi connectivity index (χ1n) is 6.53. The SMILES string of the molecule is CC(CCCO)NS(=O)(=O)CCSc1ccccc1N. The molecule has 0 bridgehead atoms. The quantitative estimate of drug-likeness (QED) is 0.473. The number of hydrogen-bond donors (Lipinski definition) is 3. The Bertz CT molecular complexity index is 506. The van der Waals surface area contributed by atoms with Gasteiger partial charge in [0.15, 0.2) is 0 Å². The van der Waals surface area contributed by atoms with Crippen LogP contribution in [-0.4, -0.2) is 37.7 Å². The zero-order valence-electron chi connectivity index (χ0n) is 11.6. The second-order valence-corrected chi connectivity index (χ2v) is 7.60. The highest BCUT2D eigenvalue weighted by atomic mass is 32.2. The normalized spacial score (nSPS) is 13.3. The maximum Gasteiger partial charge on any atom is 0.212 e. The van der Waals surface area contributed by atoms with Gasteiger partial charge in [0.25, 0.3) is 0 Å². The van der Waals surface area contributed by atoms with Gasteiger partial charge in [-0.3, -0.25) is 0 Å². The van der Waals surface area contributed by atoms with E-state index in [0.717, 1.165) is 4.90 Å². The van der Waals surface area contributed by atoms with Crippen LogP contribution in [0.4, 0.5) is 5.69 Å². The van der Waals surface area contributed by atoms with Crippen molar-refractivity contribution in [1.29, 1.82) is 0 Å². The van der Waals surface area contributed by atoms with Gasteiger partial charge in [0.2, 0.25) is 10.0 Å². The number of aliphatic hydroxyl groups excluding tert-OH is 1. The number of anilines is 1. The molecule has 0 amide bonds. The number of sulfonamides is 1. The molecule has 7 heteroatoms. The first-order chi connectivity index (χ1) is 9.44. The number of hydrogen-bond acceptors (Lipinski definition) is 5. The van der Waals surface area contributed by atoms with Crippen molar-refractivity contribution in [1.82, 2.24) is 4.72 Å². The molecular formula is C13H22N2O3S2. The van der Waals surface area contributed by atoms with E-state index in [2.05, 4.69) is 4.72 Å². The first-order valence-corrected chi connectivity index (χ1v) is 9.16. The first kappa shape index (κ1) is 17.3. The van der Waals surface area contributed by atoms with Crippen molar-refractivity contribution in [3.05, 3.63) is 24.3 Å². The number of para-hydroxylation sites is 1. The summed E-state index contributed by atoms with van der Waals surface area (Å²) in [6.07, 6.45) is 1.23. The Balaban J connectivity index is 2.38. The van der Waals surface area contributed by atoms with E-state index in [1.807, 2.05) is 18.2 Å². The summed E-state index contributed by atoms with van der Waals surface area (Å²) in [6, 6.07) is 7.25. The average molecular weight is 318 g/mol. The Kier molecular flexibility index (Phi) is 7.36. The highest BCUT2D eigenvalue weighted by molar-refractivity contribution is 8.00. The Morgan fingerprint density at radius 2 is 2.10 bits per heavy atom. The van der Waals surface area contributed by atoms with Crippen LogP contribution in [0.2, 0.25) is 0 Å². The Morgan fingerprint density at radius 1 is 1.40 bits per heavy atom. The maximum atomic E-state index is 11.9. The third kappa shape index (κ3) is 6.60. The summed E-state index contributed by atoms with van der Waals surface area (Å²) in [4.78, 5) is 0.899.